The highest BCUT2D eigenvalue weighted by Gasteiger charge is 2.17. The molecule has 4 heterocycles. The standard InChI is InChI=1S/C30H25N7O3S/c38-25(20-4-2-1-3-5-20)18-32-22-6-7-24-23(15-22)35-30(37(24)13-11-19-10-12-31-28(39)14-19)36-29(40)27-9-8-26(41-27)21-16-33-34-17-21/h1-10,12,14-17,32H,11,13,18H2,(H,31,39)(H,33,34)(H,35,36,40). The number of carbonyl (C=O) groups excluding carboxylic acids is 2. The van der Waals surface area contributed by atoms with Crippen molar-refractivity contribution >= 4 is 45.7 Å². The summed E-state index contributed by atoms with van der Waals surface area (Å²) in [4.78, 5) is 46.4. The Morgan fingerprint density at radius 1 is 1.00 bits per heavy atom. The van der Waals surface area contributed by atoms with Gasteiger partial charge in [0.05, 0.1) is 28.7 Å². The van der Waals surface area contributed by atoms with Crippen molar-refractivity contribution in [3.05, 3.63) is 118 Å². The smallest absolute Gasteiger partial charge is 0.268 e. The molecule has 11 heteroatoms. The largest absolute Gasteiger partial charge is 0.378 e. The minimum absolute atomic E-state index is 0.0206. The van der Waals surface area contributed by atoms with Gasteiger partial charge in [0.1, 0.15) is 0 Å². The molecule has 0 atom stereocenters. The number of aromatic nitrogens is 5. The maximum absolute atomic E-state index is 13.3. The number of rotatable bonds is 10. The first-order chi connectivity index (χ1) is 20.0. The van der Waals surface area contributed by atoms with Crippen LogP contribution in [-0.2, 0) is 13.0 Å². The number of anilines is 2. The van der Waals surface area contributed by atoms with Crippen LogP contribution in [0.3, 0.4) is 0 Å². The molecule has 2 aromatic carbocycles. The number of nitrogens with zero attached hydrogens (tertiary/aromatic N) is 3. The molecule has 0 aliphatic heterocycles. The summed E-state index contributed by atoms with van der Waals surface area (Å²) >= 11 is 1.36. The summed E-state index contributed by atoms with van der Waals surface area (Å²) in [7, 11) is 0. The maximum atomic E-state index is 13.3. The lowest BCUT2D eigenvalue weighted by molar-refractivity contribution is 0.100. The van der Waals surface area contributed by atoms with E-state index in [1.165, 1.54) is 11.3 Å². The number of benzene rings is 2. The minimum atomic E-state index is -0.274. The lowest BCUT2D eigenvalue weighted by Gasteiger charge is -2.10. The molecule has 0 saturated carbocycles. The van der Waals surface area contributed by atoms with Gasteiger partial charge in [-0.3, -0.25) is 24.8 Å². The van der Waals surface area contributed by atoms with E-state index in [1.807, 2.05) is 53.1 Å². The second kappa shape index (κ2) is 11.4. The molecule has 6 rings (SSSR count). The predicted octanol–water partition coefficient (Wildman–Crippen LogP) is 4.97. The molecule has 0 fully saturated rings. The van der Waals surface area contributed by atoms with Crippen LogP contribution in [0.15, 0.2) is 96.2 Å². The van der Waals surface area contributed by atoms with Crippen molar-refractivity contribution in [3.8, 4) is 10.4 Å². The highest BCUT2D eigenvalue weighted by atomic mass is 32.1. The highest BCUT2D eigenvalue weighted by Crippen LogP contribution is 2.29. The number of amides is 1. The van der Waals surface area contributed by atoms with Gasteiger partial charge in [0.15, 0.2) is 5.78 Å². The van der Waals surface area contributed by atoms with E-state index in [0.717, 1.165) is 27.2 Å². The van der Waals surface area contributed by atoms with Crippen LogP contribution in [0.2, 0.25) is 0 Å². The summed E-state index contributed by atoms with van der Waals surface area (Å²) in [5, 5.41) is 12.9. The number of hydrogen-bond acceptors (Lipinski definition) is 7. The van der Waals surface area contributed by atoms with Gasteiger partial charge in [0.25, 0.3) is 5.91 Å². The molecule has 0 bridgehead atoms. The van der Waals surface area contributed by atoms with E-state index in [1.54, 1.807) is 42.9 Å². The molecular formula is C30H25N7O3S. The van der Waals surface area contributed by atoms with Crippen LogP contribution in [0.25, 0.3) is 21.5 Å². The van der Waals surface area contributed by atoms with Gasteiger partial charge in [-0.15, -0.1) is 11.3 Å². The van der Waals surface area contributed by atoms with Gasteiger partial charge in [-0.2, -0.15) is 5.10 Å². The van der Waals surface area contributed by atoms with Crippen molar-refractivity contribution in [2.75, 3.05) is 17.2 Å². The number of ketones is 1. The van der Waals surface area contributed by atoms with E-state index in [9.17, 15) is 14.4 Å². The topological polar surface area (TPSA) is 138 Å². The Morgan fingerprint density at radius 3 is 2.68 bits per heavy atom. The van der Waals surface area contributed by atoms with Crippen molar-refractivity contribution in [2.45, 2.75) is 13.0 Å². The highest BCUT2D eigenvalue weighted by molar-refractivity contribution is 7.17. The zero-order valence-electron chi connectivity index (χ0n) is 21.8. The number of carbonyl (C=O) groups is 2. The summed E-state index contributed by atoms with van der Waals surface area (Å²) in [6.45, 7) is 0.624. The van der Waals surface area contributed by atoms with Gasteiger partial charge in [0.2, 0.25) is 11.5 Å². The molecule has 0 radical (unpaired) electrons. The lowest BCUT2D eigenvalue weighted by atomic mass is 10.1. The Morgan fingerprint density at radius 2 is 1.88 bits per heavy atom. The van der Waals surface area contributed by atoms with Crippen LogP contribution < -0.4 is 16.2 Å². The van der Waals surface area contributed by atoms with Crippen LogP contribution in [0.5, 0.6) is 0 Å². The predicted molar refractivity (Wildman–Crippen MR) is 160 cm³/mol. The van der Waals surface area contributed by atoms with E-state index >= 15 is 0 Å². The average molecular weight is 564 g/mol. The fourth-order valence-electron chi connectivity index (χ4n) is 4.52. The molecule has 4 aromatic heterocycles. The van der Waals surface area contributed by atoms with E-state index in [0.29, 0.717) is 34.9 Å². The molecule has 10 nitrogen and oxygen atoms in total. The van der Waals surface area contributed by atoms with Crippen molar-refractivity contribution in [1.29, 1.82) is 0 Å². The van der Waals surface area contributed by atoms with Crippen molar-refractivity contribution in [2.24, 2.45) is 0 Å². The molecule has 0 unspecified atom stereocenters. The number of pyridine rings is 1. The Hall–Kier alpha value is -5.29. The third kappa shape index (κ3) is 5.85. The molecule has 1 amide bonds. The first kappa shape index (κ1) is 26.0. The zero-order valence-corrected chi connectivity index (χ0v) is 22.6. The Labute approximate surface area is 238 Å². The molecule has 0 aliphatic rings. The third-order valence-electron chi connectivity index (χ3n) is 6.60. The first-order valence-electron chi connectivity index (χ1n) is 12.9. The third-order valence-corrected chi connectivity index (χ3v) is 7.73. The second-order valence-electron chi connectivity index (χ2n) is 9.35. The Kier molecular flexibility index (Phi) is 7.25. The number of Topliss-reactive ketones (excluding diaryl/α,β-unsaturated/α-hetero) is 1. The summed E-state index contributed by atoms with van der Waals surface area (Å²) in [6, 6.07) is 21.8. The number of H-pyrrole nitrogens is 2. The zero-order chi connectivity index (χ0) is 28.2. The van der Waals surface area contributed by atoms with Crippen LogP contribution in [0.1, 0.15) is 25.6 Å². The minimum Gasteiger partial charge on any atom is -0.378 e. The first-order valence-corrected chi connectivity index (χ1v) is 13.8. The van der Waals surface area contributed by atoms with Crippen LogP contribution in [0.4, 0.5) is 11.6 Å². The maximum Gasteiger partial charge on any atom is 0.268 e. The molecule has 0 spiro atoms. The summed E-state index contributed by atoms with van der Waals surface area (Å²) in [5.41, 5.74) is 4.46. The van der Waals surface area contributed by atoms with Crippen LogP contribution in [-0.4, -0.2) is 43.0 Å². The van der Waals surface area contributed by atoms with E-state index in [4.69, 9.17) is 4.98 Å². The Balaban J connectivity index is 1.26. The molecule has 204 valence electrons. The number of hydrogen-bond donors (Lipinski definition) is 4. The van der Waals surface area contributed by atoms with Crippen molar-refractivity contribution < 1.29 is 9.59 Å². The second-order valence-corrected chi connectivity index (χ2v) is 10.4. The van der Waals surface area contributed by atoms with Gasteiger partial charge in [-0.1, -0.05) is 30.3 Å². The van der Waals surface area contributed by atoms with Crippen LogP contribution in [0, 0.1) is 0 Å². The lowest BCUT2D eigenvalue weighted by Crippen LogP contribution is -2.16. The Bertz CT molecular complexity index is 1890. The molecule has 6 aromatic rings. The molecule has 0 saturated heterocycles. The van der Waals surface area contributed by atoms with E-state index in [2.05, 4.69) is 25.8 Å². The van der Waals surface area contributed by atoms with Crippen LogP contribution >= 0.6 is 11.3 Å². The molecule has 0 aliphatic carbocycles. The number of imidazole rings is 1. The fourth-order valence-corrected chi connectivity index (χ4v) is 5.40. The fraction of sp³-hybridized carbons (Fsp3) is 0.100. The number of thiophene rings is 1. The van der Waals surface area contributed by atoms with Gasteiger partial charge < -0.3 is 14.9 Å². The van der Waals surface area contributed by atoms with E-state index in [-0.39, 0.29) is 23.8 Å². The molecule has 41 heavy (non-hydrogen) atoms. The van der Waals surface area contributed by atoms with Crippen molar-refractivity contribution in [1.82, 2.24) is 24.7 Å². The number of aromatic amines is 2. The summed E-state index contributed by atoms with van der Waals surface area (Å²) in [6.07, 6.45) is 5.67. The quantitative estimate of drug-likeness (QED) is 0.174. The number of nitrogens with one attached hydrogen (secondary N) is 4. The normalized spacial score (nSPS) is 11.0. The SMILES string of the molecule is O=C(CNc1ccc2c(c1)nc(NC(=O)c1ccc(-c3cn[nH]c3)s1)n2CCc1cc[nH]c(=O)c1)c1ccccc1. The van der Waals surface area contributed by atoms with Gasteiger partial charge in [-0.05, 0) is 48.4 Å². The number of aryl methyl sites for hydroxylation is 2. The monoisotopic (exact) mass is 563 g/mol. The summed E-state index contributed by atoms with van der Waals surface area (Å²) < 4.78 is 1.93. The molecular weight excluding hydrogens is 538 g/mol. The summed E-state index contributed by atoms with van der Waals surface area (Å²) in [5.74, 6) is 0.0997. The van der Waals surface area contributed by atoms with Gasteiger partial charge in [-0.25, -0.2) is 4.98 Å². The van der Waals surface area contributed by atoms with E-state index < -0.39 is 0 Å². The molecule has 4 N–H and O–H groups in total. The van der Waals surface area contributed by atoms with Crippen molar-refractivity contribution in [3.63, 3.8) is 0 Å². The van der Waals surface area contributed by atoms with Gasteiger partial charge in [0, 0.05) is 46.7 Å². The average Bonchev–Trinajstić information content (AvgIpc) is 3.75. The number of fused-ring (bicyclic) bond motifs is 1. The van der Waals surface area contributed by atoms with Gasteiger partial charge >= 0.3 is 0 Å².